The van der Waals surface area contributed by atoms with E-state index in [2.05, 4.69) is 29.1 Å². The largest absolute Gasteiger partial charge is 0.368 e. The first kappa shape index (κ1) is 13.2. The van der Waals surface area contributed by atoms with Crippen LogP contribution < -0.4 is 5.32 Å². The van der Waals surface area contributed by atoms with Crippen LogP contribution in [-0.4, -0.2) is 21.8 Å². The SMILES string of the molecule is CC(=O)c1cccc(-c2cc(NC(C)C)ncn2)c1. The van der Waals surface area contributed by atoms with Gasteiger partial charge in [-0.15, -0.1) is 0 Å². The molecule has 0 saturated heterocycles. The Hall–Kier alpha value is -2.23. The highest BCUT2D eigenvalue weighted by Gasteiger charge is 2.05. The van der Waals surface area contributed by atoms with E-state index >= 15 is 0 Å². The van der Waals surface area contributed by atoms with Crippen molar-refractivity contribution in [1.29, 1.82) is 0 Å². The average molecular weight is 255 g/mol. The van der Waals surface area contributed by atoms with Crippen LogP contribution >= 0.6 is 0 Å². The van der Waals surface area contributed by atoms with Crippen LogP contribution in [0, 0.1) is 0 Å². The number of nitrogens with one attached hydrogen (secondary N) is 1. The van der Waals surface area contributed by atoms with Gasteiger partial charge in [-0.2, -0.15) is 0 Å². The molecule has 98 valence electrons. The van der Waals surface area contributed by atoms with E-state index in [1.165, 1.54) is 6.33 Å². The van der Waals surface area contributed by atoms with E-state index in [0.29, 0.717) is 11.6 Å². The fourth-order valence-electron chi connectivity index (χ4n) is 1.79. The molecule has 0 amide bonds. The normalized spacial score (nSPS) is 10.5. The van der Waals surface area contributed by atoms with E-state index in [9.17, 15) is 4.79 Å². The minimum absolute atomic E-state index is 0.0523. The van der Waals surface area contributed by atoms with Crippen LogP contribution in [0.4, 0.5) is 5.82 Å². The molecule has 0 radical (unpaired) electrons. The predicted molar refractivity (Wildman–Crippen MR) is 76.2 cm³/mol. The summed E-state index contributed by atoms with van der Waals surface area (Å²) in [7, 11) is 0. The van der Waals surface area contributed by atoms with Crippen molar-refractivity contribution in [3.8, 4) is 11.3 Å². The van der Waals surface area contributed by atoms with Gasteiger partial charge < -0.3 is 5.32 Å². The summed E-state index contributed by atoms with van der Waals surface area (Å²) in [6.45, 7) is 5.67. The second-order valence-corrected chi connectivity index (χ2v) is 4.72. The van der Waals surface area contributed by atoms with Crippen LogP contribution in [0.2, 0.25) is 0 Å². The van der Waals surface area contributed by atoms with Crippen LogP contribution in [-0.2, 0) is 0 Å². The molecule has 2 rings (SSSR count). The lowest BCUT2D eigenvalue weighted by molar-refractivity contribution is 0.101. The van der Waals surface area contributed by atoms with Gasteiger partial charge in [0, 0.05) is 23.2 Å². The zero-order chi connectivity index (χ0) is 13.8. The van der Waals surface area contributed by atoms with Crippen molar-refractivity contribution in [2.45, 2.75) is 26.8 Å². The second-order valence-electron chi connectivity index (χ2n) is 4.72. The fraction of sp³-hybridized carbons (Fsp3) is 0.267. The number of rotatable bonds is 4. The third-order valence-corrected chi connectivity index (χ3v) is 2.67. The van der Waals surface area contributed by atoms with Crippen molar-refractivity contribution in [2.75, 3.05) is 5.32 Å². The summed E-state index contributed by atoms with van der Waals surface area (Å²) in [5, 5.41) is 3.23. The van der Waals surface area contributed by atoms with Gasteiger partial charge in [0.25, 0.3) is 0 Å². The van der Waals surface area contributed by atoms with E-state index in [4.69, 9.17) is 0 Å². The van der Waals surface area contributed by atoms with Gasteiger partial charge in [0.1, 0.15) is 12.1 Å². The first-order chi connectivity index (χ1) is 9.06. The van der Waals surface area contributed by atoms with Crippen LogP contribution in [0.1, 0.15) is 31.1 Å². The zero-order valence-corrected chi connectivity index (χ0v) is 11.3. The number of Topliss-reactive ketones (excluding diaryl/α,β-unsaturated/α-hetero) is 1. The van der Waals surface area contributed by atoms with Gasteiger partial charge in [-0.05, 0) is 26.8 Å². The summed E-state index contributed by atoms with van der Waals surface area (Å²) in [4.78, 5) is 19.8. The monoisotopic (exact) mass is 255 g/mol. The number of hydrogen-bond donors (Lipinski definition) is 1. The van der Waals surface area contributed by atoms with E-state index in [1.807, 2.05) is 24.3 Å². The van der Waals surface area contributed by atoms with Crippen molar-refractivity contribution in [3.63, 3.8) is 0 Å². The summed E-state index contributed by atoms with van der Waals surface area (Å²) in [6.07, 6.45) is 1.53. The molecule has 0 fully saturated rings. The summed E-state index contributed by atoms with van der Waals surface area (Å²) in [5.74, 6) is 0.838. The quantitative estimate of drug-likeness (QED) is 0.853. The molecular formula is C15H17N3O. The van der Waals surface area contributed by atoms with Gasteiger partial charge in [-0.25, -0.2) is 9.97 Å². The first-order valence-electron chi connectivity index (χ1n) is 6.26. The average Bonchev–Trinajstić information content (AvgIpc) is 2.38. The third kappa shape index (κ3) is 3.37. The number of anilines is 1. The van der Waals surface area contributed by atoms with Crippen molar-refractivity contribution in [3.05, 3.63) is 42.2 Å². The fourth-order valence-corrected chi connectivity index (χ4v) is 1.79. The lowest BCUT2D eigenvalue weighted by atomic mass is 10.1. The molecule has 0 spiro atoms. The summed E-state index contributed by atoms with van der Waals surface area (Å²) >= 11 is 0. The molecule has 0 saturated carbocycles. The number of aromatic nitrogens is 2. The smallest absolute Gasteiger partial charge is 0.159 e. The van der Waals surface area contributed by atoms with Crippen LogP contribution in [0.5, 0.6) is 0 Å². The Morgan fingerprint density at radius 1 is 1.21 bits per heavy atom. The molecule has 4 heteroatoms. The van der Waals surface area contributed by atoms with Crippen molar-refractivity contribution >= 4 is 11.6 Å². The van der Waals surface area contributed by atoms with Crippen LogP contribution in [0.3, 0.4) is 0 Å². The second kappa shape index (κ2) is 5.61. The number of ketones is 1. The number of benzene rings is 1. The Morgan fingerprint density at radius 3 is 2.68 bits per heavy atom. The van der Waals surface area contributed by atoms with Gasteiger partial charge >= 0.3 is 0 Å². The van der Waals surface area contributed by atoms with Gasteiger partial charge in [-0.3, -0.25) is 4.79 Å². The van der Waals surface area contributed by atoms with E-state index in [0.717, 1.165) is 17.1 Å². The standard InChI is InChI=1S/C15H17N3O/c1-10(2)18-15-8-14(16-9-17-15)13-6-4-5-12(7-13)11(3)19/h4-10H,1-3H3,(H,16,17,18). The molecular weight excluding hydrogens is 238 g/mol. The Morgan fingerprint density at radius 2 is 2.00 bits per heavy atom. The molecule has 2 aromatic rings. The lowest BCUT2D eigenvalue weighted by Gasteiger charge is -2.10. The summed E-state index contributed by atoms with van der Waals surface area (Å²) < 4.78 is 0. The summed E-state index contributed by atoms with van der Waals surface area (Å²) in [6, 6.07) is 9.66. The molecule has 0 unspecified atom stereocenters. The van der Waals surface area contributed by atoms with E-state index < -0.39 is 0 Å². The van der Waals surface area contributed by atoms with E-state index in [-0.39, 0.29) is 5.78 Å². The van der Waals surface area contributed by atoms with Gasteiger partial charge in [0.15, 0.2) is 5.78 Å². The number of nitrogens with zero attached hydrogens (tertiary/aromatic N) is 2. The molecule has 1 aromatic carbocycles. The molecule has 0 atom stereocenters. The first-order valence-corrected chi connectivity index (χ1v) is 6.26. The minimum Gasteiger partial charge on any atom is -0.368 e. The van der Waals surface area contributed by atoms with E-state index in [1.54, 1.807) is 13.0 Å². The molecule has 19 heavy (non-hydrogen) atoms. The van der Waals surface area contributed by atoms with Gasteiger partial charge in [0.2, 0.25) is 0 Å². The molecule has 1 heterocycles. The molecule has 1 aromatic heterocycles. The number of carbonyl (C=O) groups is 1. The highest BCUT2D eigenvalue weighted by molar-refractivity contribution is 5.95. The predicted octanol–water partition coefficient (Wildman–Crippen LogP) is 3.17. The van der Waals surface area contributed by atoms with Crippen molar-refractivity contribution in [2.24, 2.45) is 0 Å². The Balaban J connectivity index is 2.36. The Labute approximate surface area is 112 Å². The topological polar surface area (TPSA) is 54.9 Å². The van der Waals surface area contributed by atoms with Crippen LogP contribution in [0.15, 0.2) is 36.7 Å². The molecule has 4 nitrogen and oxygen atoms in total. The minimum atomic E-state index is 0.0523. The maximum Gasteiger partial charge on any atom is 0.159 e. The Kier molecular flexibility index (Phi) is 3.90. The third-order valence-electron chi connectivity index (χ3n) is 2.67. The Bertz CT molecular complexity index is 593. The molecule has 0 aliphatic carbocycles. The highest BCUT2D eigenvalue weighted by atomic mass is 16.1. The van der Waals surface area contributed by atoms with Crippen molar-refractivity contribution < 1.29 is 4.79 Å². The molecule has 0 bridgehead atoms. The van der Waals surface area contributed by atoms with Crippen molar-refractivity contribution in [1.82, 2.24) is 9.97 Å². The maximum absolute atomic E-state index is 11.4. The highest BCUT2D eigenvalue weighted by Crippen LogP contribution is 2.20. The lowest BCUT2D eigenvalue weighted by Crippen LogP contribution is -2.11. The number of carbonyl (C=O) groups excluding carboxylic acids is 1. The molecule has 0 aliphatic heterocycles. The van der Waals surface area contributed by atoms with Crippen LogP contribution in [0.25, 0.3) is 11.3 Å². The van der Waals surface area contributed by atoms with Gasteiger partial charge in [-0.1, -0.05) is 18.2 Å². The maximum atomic E-state index is 11.4. The molecule has 1 N–H and O–H groups in total. The molecule has 0 aliphatic rings. The number of hydrogen-bond acceptors (Lipinski definition) is 4. The zero-order valence-electron chi connectivity index (χ0n) is 11.3. The van der Waals surface area contributed by atoms with Gasteiger partial charge in [0.05, 0.1) is 5.69 Å². The summed E-state index contributed by atoms with van der Waals surface area (Å²) in [5.41, 5.74) is 2.41.